The maximum Gasteiger partial charge on any atom is 0.135 e. The third kappa shape index (κ3) is 6.60. The van der Waals surface area contributed by atoms with E-state index in [-0.39, 0.29) is 26.4 Å². The number of hydrogen-bond acceptors (Lipinski definition) is 6. The largest absolute Gasteiger partial charge is 0.491 e. The number of para-hydroxylation sites is 2. The molecule has 6 nitrogen and oxygen atoms in total. The first-order chi connectivity index (χ1) is 19.1. The number of aliphatic hydroxyl groups is 2. The van der Waals surface area contributed by atoms with Crippen LogP contribution in [0.4, 0.5) is 0 Å². The summed E-state index contributed by atoms with van der Waals surface area (Å²) in [5, 5.41) is 24.6. The molecule has 0 radical (unpaired) electrons. The zero-order chi connectivity index (χ0) is 27.0. The number of aryl methyl sites for hydroxylation is 1. The van der Waals surface area contributed by atoms with Crippen LogP contribution in [0.2, 0.25) is 0 Å². The molecule has 2 N–H and O–H groups in total. The van der Waals surface area contributed by atoms with Gasteiger partial charge in [0.1, 0.15) is 61.6 Å². The van der Waals surface area contributed by atoms with E-state index in [4.69, 9.17) is 18.9 Å². The van der Waals surface area contributed by atoms with Gasteiger partial charge in [0.2, 0.25) is 0 Å². The van der Waals surface area contributed by atoms with Gasteiger partial charge in [-0.25, -0.2) is 0 Å². The van der Waals surface area contributed by atoms with Crippen LogP contribution in [0.5, 0.6) is 23.0 Å². The van der Waals surface area contributed by atoms with Crippen molar-refractivity contribution in [1.29, 1.82) is 0 Å². The zero-order valence-corrected chi connectivity index (χ0v) is 21.8. The Bertz CT molecular complexity index is 1500. The lowest BCUT2D eigenvalue weighted by Gasteiger charge is -2.20. The van der Waals surface area contributed by atoms with Crippen molar-refractivity contribution in [3.63, 3.8) is 0 Å². The van der Waals surface area contributed by atoms with Crippen molar-refractivity contribution in [3.8, 4) is 23.0 Å². The van der Waals surface area contributed by atoms with Gasteiger partial charge in [0.25, 0.3) is 0 Å². The highest BCUT2D eigenvalue weighted by molar-refractivity contribution is 6.11. The summed E-state index contributed by atoms with van der Waals surface area (Å²) in [7, 11) is 0. The van der Waals surface area contributed by atoms with E-state index in [1.807, 2.05) is 110 Å². The molecule has 2 unspecified atom stereocenters. The highest BCUT2D eigenvalue weighted by Gasteiger charge is 2.19. The van der Waals surface area contributed by atoms with Crippen molar-refractivity contribution in [2.75, 3.05) is 26.4 Å². The Balaban J connectivity index is 1.36. The molecular formula is C33H32O6. The molecule has 6 heteroatoms. The number of rotatable bonds is 12. The molecular weight excluding hydrogens is 492 g/mol. The van der Waals surface area contributed by atoms with Gasteiger partial charge in [-0.3, -0.25) is 0 Å². The van der Waals surface area contributed by atoms with Crippen molar-refractivity contribution in [3.05, 3.63) is 109 Å². The van der Waals surface area contributed by atoms with Gasteiger partial charge in [0.05, 0.1) is 0 Å². The number of benzene rings is 5. The third-order valence-corrected chi connectivity index (χ3v) is 6.29. The Hall–Kier alpha value is -4.26. The molecule has 0 spiro atoms. The molecule has 39 heavy (non-hydrogen) atoms. The predicted molar refractivity (Wildman–Crippen MR) is 153 cm³/mol. The lowest BCUT2D eigenvalue weighted by atomic mass is 9.99. The van der Waals surface area contributed by atoms with Gasteiger partial charge in [-0.2, -0.15) is 0 Å². The molecule has 0 saturated carbocycles. The van der Waals surface area contributed by atoms with Gasteiger partial charge < -0.3 is 29.2 Å². The van der Waals surface area contributed by atoms with E-state index in [1.54, 1.807) is 0 Å². The fourth-order valence-electron chi connectivity index (χ4n) is 4.40. The lowest BCUT2D eigenvalue weighted by molar-refractivity contribution is 0.0629. The van der Waals surface area contributed by atoms with Gasteiger partial charge in [0, 0.05) is 21.5 Å². The predicted octanol–water partition coefficient (Wildman–Crippen LogP) is 5.94. The standard InChI is InChI=1S/C33H32O6/c1-23-16-17-30-31(18-23)33(39-22-25(35)20-37-27-12-6-3-7-13-27)29-15-9-8-14-28(29)32(30)38-21-24(34)19-36-26-10-4-2-5-11-26/h2-18,24-25,34-35H,19-22H2,1H3. The zero-order valence-electron chi connectivity index (χ0n) is 21.8. The SMILES string of the molecule is Cc1ccc2c(OCC(O)COc3ccccc3)c3ccccc3c(OCC(O)COc3ccccc3)c2c1. The summed E-state index contributed by atoms with van der Waals surface area (Å²) in [5.41, 5.74) is 1.07. The van der Waals surface area contributed by atoms with Crippen LogP contribution in [-0.2, 0) is 0 Å². The van der Waals surface area contributed by atoms with Crippen molar-refractivity contribution >= 4 is 21.5 Å². The second-order valence-electron chi connectivity index (χ2n) is 9.43. The van der Waals surface area contributed by atoms with E-state index >= 15 is 0 Å². The summed E-state index contributed by atoms with van der Waals surface area (Å²) in [4.78, 5) is 0. The molecule has 5 rings (SSSR count). The molecule has 0 fully saturated rings. The van der Waals surface area contributed by atoms with Crippen LogP contribution in [0.25, 0.3) is 21.5 Å². The van der Waals surface area contributed by atoms with Gasteiger partial charge >= 0.3 is 0 Å². The fraction of sp³-hybridized carbons (Fsp3) is 0.212. The molecule has 200 valence electrons. The smallest absolute Gasteiger partial charge is 0.135 e. The third-order valence-electron chi connectivity index (χ3n) is 6.29. The van der Waals surface area contributed by atoms with E-state index < -0.39 is 12.2 Å². The number of fused-ring (bicyclic) bond motifs is 2. The molecule has 0 heterocycles. The van der Waals surface area contributed by atoms with Gasteiger partial charge in [-0.1, -0.05) is 78.4 Å². The molecule has 0 amide bonds. The van der Waals surface area contributed by atoms with Crippen LogP contribution in [0, 0.1) is 6.92 Å². The van der Waals surface area contributed by atoms with E-state index in [0.29, 0.717) is 23.0 Å². The second kappa shape index (κ2) is 12.5. The molecule has 0 aliphatic heterocycles. The fourth-order valence-corrected chi connectivity index (χ4v) is 4.40. The summed E-state index contributed by atoms with van der Waals surface area (Å²) in [6.07, 6.45) is -1.64. The van der Waals surface area contributed by atoms with E-state index in [0.717, 1.165) is 27.1 Å². The first kappa shape index (κ1) is 26.4. The van der Waals surface area contributed by atoms with Crippen molar-refractivity contribution in [2.45, 2.75) is 19.1 Å². The Morgan fingerprint density at radius 3 is 1.41 bits per heavy atom. The Morgan fingerprint density at radius 2 is 0.897 bits per heavy atom. The van der Waals surface area contributed by atoms with E-state index in [9.17, 15) is 10.2 Å². The number of hydrogen-bond donors (Lipinski definition) is 2. The van der Waals surface area contributed by atoms with Crippen LogP contribution in [-0.4, -0.2) is 48.8 Å². The number of aliphatic hydroxyl groups excluding tert-OH is 2. The van der Waals surface area contributed by atoms with E-state index in [2.05, 4.69) is 0 Å². The van der Waals surface area contributed by atoms with Gasteiger partial charge in [-0.05, 0) is 37.3 Å². The van der Waals surface area contributed by atoms with Crippen LogP contribution in [0.1, 0.15) is 5.56 Å². The van der Waals surface area contributed by atoms with Gasteiger partial charge in [-0.15, -0.1) is 0 Å². The minimum absolute atomic E-state index is 0.0650. The highest BCUT2D eigenvalue weighted by Crippen LogP contribution is 2.43. The van der Waals surface area contributed by atoms with Crippen LogP contribution < -0.4 is 18.9 Å². The van der Waals surface area contributed by atoms with Crippen molar-refractivity contribution in [1.82, 2.24) is 0 Å². The second-order valence-corrected chi connectivity index (χ2v) is 9.43. The molecule has 0 bridgehead atoms. The lowest BCUT2D eigenvalue weighted by Crippen LogP contribution is -2.25. The summed E-state index contributed by atoms with van der Waals surface area (Å²) >= 11 is 0. The van der Waals surface area contributed by atoms with E-state index in [1.165, 1.54) is 0 Å². The summed E-state index contributed by atoms with van der Waals surface area (Å²) in [5.74, 6) is 2.73. The molecule has 5 aromatic carbocycles. The summed E-state index contributed by atoms with van der Waals surface area (Å²) in [6.45, 7) is 2.38. The van der Waals surface area contributed by atoms with Crippen LogP contribution in [0.15, 0.2) is 103 Å². The van der Waals surface area contributed by atoms with Gasteiger partial charge in [0.15, 0.2) is 0 Å². The Labute approximate surface area is 228 Å². The van der Waals surface area contributed by atoms with Crippen molar-refractivity contribution < 1.29 is 29.2 Å². The normalized spacial score (nSPS) is 12.7. The van der Waals surface area contributed by atoms with Crippen molar-refractivity contribution in [2.24, 2.45) is 0 Å². The molecule has 0 aliphatic rings. The summed E-state index contributed by atoms with van der Waals surface area (Å²) < 4.78 is 23.9. The Kier molecular flexibility index (Phi) is 8.46. The summed E-state index contributed by atoms with van der Waals surface area (Å²) in [6, 6.07) is 32.7. The van der Waals surface area contributed by atoms with Crippen LogP contribution in [0.3, 0.4) is 0 Å². The van der Waals surface area contributed by atoms with Crippen LogP contribution >= 0.6 is 0 Å². The maximum atomic E-state index is 10.6. The maximum absolute atomic E-state index is 10.6. The molecule has 0 saturated heterocycles. The molecule has 2 atom stereocenters. The first-order valence-corrected chi connectivity index (χ1v) is 13.0. The molecule has 0 aliphatic carbocycles. The average Bonchev–Trinajstić information content (AvgIpc) is 2.97. The monoisotopic (exact) mass is 524 g/mol. The first-order valence-electron chi connectivity index (χ1n) is 13.0. The minimum Gasteiger partial charge on any atom is -0.491 e. The highest BCUT2D eigenvalue weighted by atomic mass is 16.5. The topological polar surface area (TPSA) is 77.4 Å². The minimum atomic E-state index is -0.820. The number of ether oxygens (including phenoxy) is 4. The quantitative estimate of drug-likeness (QED) is 0.197. The molecule has 5 aromatic rings. The average molecular weight is 525 g/mol. The Morgan fingerprint density at radius 1 is 0.487 bits per heavy atom. The molecule has 0 aromatic heterocycles.